The van der Waals surface area contributed by atoms with Crippen LogP contribution in [0.5, 0.6) is 0 Å². The number of aromatic nitrogens is 1. The molecule has 0 aliphatic carbocycles. The molecule has 0 bridgehead atoms. The molecule has 1 aromatic carbocycles. The summed E-state index contributed by atoms with van der Waals surface area (Å²) in [7, 11) is 0. The van der Waals surface area contributed by atoms with Crippen molar-refractivity contribution < 1.29 is 9.90 Å². The summed E-state index contributed by atoms with van der Waals surface area (Å²) >= 11 is 0. The predicted octanol–water partition coefficient (Wildman–Crippen LogP) is 2.87. The fourth-order valence-electron chi connectivity index (χ4n) is 2.90. The summed E-state index contributed by atoms with van der Waals surface area (Å²) < 4.78 is 0. The number of nitrogens with one attached hydrogen (secondary N) is 1. The second-order valence-electron chi connectivity index (χ2n) is 6.00. The maximum Gasteiger partial charge on any atom is 0.328 e. The summed E-state index contributed by atoms with van der Waals surface area (Å²) in [4.78, 5) is 17.3. The molecular formula is C19H21N3O2. The number of likely N-dealkylation sites (tertiary alicyclic amines) is 1. The summed E-state index contributed by atoms with van der Waals surface area (Å²) in [6, 6.07) is 14.7. The molecule has 1 unspecified atom stereocenters. The first kappa shape index (κ1) is 16.2. The van der Waals surface area contributed by atoms with Gasteiger partial charge < -0.3 is 10.4 Å². The van der Waals surface area contributed by atoms with E-state index in [9.17, 15) is 4.79 Å². The molecule has 2 heterocycles. The lowest BCUT2D eigenvalue weighted by Gasteiger charge is -2.17. The zero-order valence-corrected chi connectivity index (χ0v) is 13.4. The lowest BCUT2D eigenvalue weighted by atomic mass is 10.2. The number of hydrogen-bond donors (Lipinski definition) is 2. The van der Waals surface area contributed by atoms with Gasteiger partial charge in [-0.1, -0.05) is 30.3 Å². The highest BCUT2D eigenvalue weighted by atomic mass is 16.4. The van der Waals surface area contributed by atoms with Crippen molar-refractivity contribution in [2.45, 2.75) is 19.0 Å². The van der Waals surface area contributed by atoms with Crippen molar-refractivity contribution in [2.24, 2.45) is 0 Å². The van der Waals surface area contributed by atoms with Crippen LogP contribution in [0.3, 0.4) is 0 Å². The smallest absolute Gasteiger partial charge is 0.328 e. The quantitative estimate of drug-likeness (QED) is 0.800. The molecule has 0 radical (unpaired) electrons. The zero-order valence-electron chi connectivity index (χ0n) is 13.4. The number of carboxylic acids is 1. The van der Waals surface area contributed by atoms with E-state index in [0.717, 1.165) is 43.5 Å². The Morgan fingerprint density at radius 2 is 2.12 bits per heavy atom. The SMILES string of the molecule is O=C(O)C=Cc1ccc(NC2CCN(Cc3ccccc3)C2)nc1. The number of rotatable bonds is 6. The van der Waals surface area contributed by atoms with Gasteiger partial charge in [-0.2, -0.15) is 0 Å². The van der Waals surface area contributed by atoms with E-state index in [4.69, 9.17) is 5.11 Å². The number of nitrogens with zero attached hydrogens (tertiary/aromatic N) is 2. The lowest BCUT2D eigenvalue weighted by Crippen LogP contribution is -2.26. The molecule has 2 N–H and O–H groups in total. The molecule has 124 valence electrons. The van der Waals surface area contributed by atoms with Gasteiger partial charge in [0.15, 0.2) is 0 Å². The monoisotopic (exact) mass is 323 g/mol. The van der Waals surface area contributed by atoms with Crippen molar-refractivity contribution >= 4 is 17.9 Å². The van der Waals surface area contributed by atoms with Gasteiger partial charge in [0.25, 0.3) is 0 Å². The highest BCUT2D eigenvalue weighted by molar-refractivity contribution is 5.85. The number of benzene rings is 1. The van der Waals surface area contributed by atoms with E-state index < -0.39 is 5.97 Å². The number of carboxylic acid groups (broad SMARTS) is 1. The highest BCUT2D eigenvalue weighted by Gasteiger charge is 2.22. The van der Waals surface area contributed by atoms with E-state index in [0.29, 0.717) is 6.04 Å². The minimum absolute atomic E-state index is 0.390. The third kappa shape index (κ3) is 4.67. The van der Waals surface area contributed by atoms with E-state index >= 15 is 0 Å². The summed E-state index contributed by atoms with van der Waals surface area (Å²) in [5, 5.41) is 12.1. The van der Waals surface area contributed by atoms with Gasteiger partial charge in [0, 0.05) is 37.9 Å². The van der Waals surface area contributed by atoms with Crippen molar-refractivity contribution in [1.29, 1.82) is 0 Å². The van der Waals surface area contributed by atoms with Crippen LogP contribution in [-0.4, -0.2) is 40.1 Å². The third-order valence-corrected chi connectivity index (χ3v) is 4.08. The van der Waals surface area contributed by atoms with E-state index in [2.05, 4.69) is 39.5 Å². The number of hydrogen-bond acceptors (Lipinski definition) is 4. The second kappa shape index (κ2) is 7.75. The Bertz CT molecular complexity index is 698. The number of pyridine rings is 1. The van der Waals surface area contributed by atoms with E-state index in [1.807, 2.05) is 18.2 Å². The first-order valence-electron chi connectivity index (χ1n) is 8.09. The number of anilines is 1. The maximum atomic E-state index is 10.5. The Kier molecular flexibility index (Phi) is 5.23. The van der Waals surface area contributed by atoms with E-state index in [-0.39, 0.29) is 0 Å². The average molecular weight is 323 g/mol. The Hall–Kier alpha value is -2.66. The molecule has 3 rings (SSSR count). The van der Waals surface area contributed by atoms with Gasteiger partial charge in [0.2, 0.25) is 0 Å². The largest absolute Gasteiger partial charge is 0.478 e. The van der Waals surface area contributed by atoms with E-state index in [1.54, 1.807) is 6.20 Å². The minimum Gasteiger partial charge on any atom is -0.478 e. The number of aliphatic carboxylic acids is 1. The van der Waals surface area contributed by atoms with Crippen LogP contribution in [0.1, 0.15) is 17.5 Å². The van der Waals surface area contributed by atoms with Gasteiger partial charge in [-0.05, 0) is 35.8 Å². The Morgan fingerprint density at radius 1 is 1.29 bits per heavy atom. The van der Waals surface area contributed by atoms with Crippen LogP contribution in [0.15, 0.2) is 54.7 Å². The third-order valence-electron chi connectivity index (χ3n) is 4.08. The molecule has 0 amide bonds. The lowest BCUT2D eigenvalue weighted by molar-refractivity contribution is -0.131. The Morgan fingerprint density at radius 3 is 2.83 bits per heavy atom. The first-order chi connectivity index (χ1) is 11.7. The molecule has 1 aromatic heterocycles. The van der Waals surface area contributed by atoms with Gasteiger partial charge in [0.05, 0.1) is 0 Å². The van der Waals surface area contributed by atoms with Crippen molar-refractivity contribution in [3.8, 4) is 0 Å². The van der Waals surface area contributed by atoms with Crippen LogP contribution < -0.4 is 5.32 Å². The first-order valence-corrected chi connectivity index (χ1v) is 8.09. The van der Waals surface area contributed by atoms with Crippen LogP contribution >= 0.6 is 0 Å². The summed E-state index contributed by atoms with van der Waals surface area (Å²) in [5.41, 5.74) is 2.12. The standard InChI is InChI=1S/C19H21N3O2/c23-19(24)9-7-15-6-8-18(20-12-15)21-17-10-11-22(14-17)13-16-4-2-1-3-5-16/h1-9,12,17H,10-11,13-14H2,(H,20,21)(H,23,24). The van der Waals surface area contributed by atoms with Gasteiger partial charge in [-0.15, -0.1) is 0 Å². The highest BCUT2D eigenvalue weighted by Crippen LogP contribution is 2.17. The normalized spacial score (nSPS) is 18.1. The maximum absolute atomic E-state index is 10.5. The van der Waals surface area contributed by atoms with Crippen LogP contribution in [0.4, 0.5) is 5.82 Å². The minimum atomic E-state index is -0.957. The van der Waals surface area contributed by atoms with Crippen LogP contribution in [0.25, 0.3) is 6.08 Å². The Labute approximate surface area is 141 Å². The van der Waals surface area contributed by atoms with Crippen molar-refractivity contribution in [3.05, 3.63) is 65.9 Å². The summed E-state index contributed by atoms with van der Waals surface area (Å²) in [6.07, 6.45) is 5.42. The van der Waals surface area contributed by atoms with Gasteiger partial charge in [-0.25, -0.2) is 9.78 Å². The molecule has 1 saturated heterocycles. The predicted molar refractivity (Wildman–Crippen MR) is 94.7 cm³/mol. The fraction of sp³-hybridized carbons (Fsp3) is 0.263. The molecule has 0 saturated carbocycles. The van der Waals surface area contributed by atoms with Crippen molar-refractivity contribution in [3.63, 3.8) is 0 Å². The van der Waals surface area contributed by atoms with Crippen molar-refractivity contribution in [2.75, 3.05) is 18.4 Å². The zero-order chi connectivity index (χ0) is 16.8. The van der Waals surface area contributed by atoms with Gasteiger partial charge >= 0.3 is 5.97 Å². The topological polar surface area (TPSA) is 65.5 Å². The molecule has 5 heteroatoms. The molecular weight excluding hydrogens is 302 g/mol. The molecule has 1 atom stereocenters. The molecule has 5 nitrogen and oxygen atoms in total. The molecule has 0 spiro atoms. The van der Waals surface area contributed by atoms with Crippen LogP contribution in [0.2, 0.25) is 0 Å². The molecule has 2 aromatic rings. The number of carbonyl (C=O) groups is 1. The average Bonchev–Trinajstić information content (AvgIpc) is 3.02. The van der Waals surface area contributed by atoms with Crippen LogP contribution in [-0.2, 0) is 11.3 Å². The molecule has 1 aliphatic heterocycles. The molecule has 1 fully saturated rings. The molecule has 24 heavy (non-hydrogen) atoms. The van der Waals surface area contributed by atoms with Gasteiger partial charge in [0.1, 0.15) is 5.82 Å². The molecule has 1 aliphatic rings. The second-order valence-corrected chi connectivity index (χ2v) is 6.00. The van der Waals surface area contributed by atoms with Crippen LogP contribution in [0, 0.1) is 0 Å². The van der Waals surface area contributed by atoms with E-state index in [1.165, 1.54) is 11.6 Å². The van der Waals surface area contributed by atoms with Gasteiger partial charge in [-0.3, -0.25) is 4.90 Å². The Balaban J connectivity index is 1.51. The summed E-state index contributed by atoms with van der Waals surface area (Å²) in [5.74, 6) is -0.129. The fourth-order valence-corrected chi connectivity index (χ4v) is 2.90. The summed E-state index contributed by atoms with van der Waals surface area (Å²) in [6.45, 7) is 3.05. The van der Waals surface area contributed by atoms with Crippen molar-refractivity contribution in [1.82, 2.24) is 9.88 Å².